The first-order chi connectivity index (χ1) is 9.10. The average molecular weight is 259 g/mol. The lowest BCUT2D eigenvalue weighted by Crippen LogP contribution is -2.12. The highest BCUT2D eigenvalue weighted by atomic mass is 19.1. The third kappa shape index (κ3) is 3.10. The minimum absolute atomic E-state index is 0.281. The summed E-state index contributed by atoms with van der Waals surface area (Å²) in [6, 6.07) is 10.9. The molecular weight excluding hydrogens is 245 g/mol. The number of anilines is 1. The van der Waals surface area contributed by atoms with E-state index in [-0.39, 0.29) is 11.7 Å². The van der Waals surface area contributed by atoms with Crippen molar-refractivity contribution in [2.75, 3.05) is 12.4 Å². The molecule has 0 atom stereocenters. The first-order valence-electron chi connectivity index (χ1n) is 5.81. The number of ether oxygens (including phenoxy) is 1. The van der Waals surface area contributed by atoms with Crippen LogP contribution in [0.25, 0.3) is 0 Å². The molecule has 3 nitrogen and oxygen atoms in total. The molecule has 0 aliphatic carbocycles. The van der Waals surface area contributed by atoms with Crippen molar-refractivity contribution < 1.29 is 13.9 Å². The number of hydrogen-bond donors (Lipinski definition) is 1. The SMILES string of the molecule is COc1ccc(C(=O)Nc2cccc(F)c2)cc1C. The van der Waals surface area contributed by atoms with Gasteiger partial charge in [0.1, 0.15) is 11.6 Å². The monoisotopic (exact) mass is 259 g/mol. The molecule has 0 fully saturated rings. The van der Waals surface area contributed by atoms with Crippen molar-refractivity contribution in [1.29, 1.82) is 0 Å². The van der Waals surface area contributed by atoms with E-state index in [0.29, 0.717) is 11.3 Å². The summed E-state index contributed by atoms with van der Waals surface area (Å²) in [5.74, 6) is 0.0578. The largest absolute Gasteiger partial charge is 0.496 e. The summed E-state index contributed by atoms with van der Waals surface area (Å²) in [5, 5.41) is 2.64. The van der Waals surface area contributed by atoms with Crippen molar-refractivity contribution >= 4 is 11.6 Å². The van der Waals surface area contributed by atoms with Crippen LogP contribution in [0, 0.1) is 12.7 Å². The molecule has 2 aromatic rings. The molecule has 0 unspecified atom stereocenters. The van der Waals surface area contributed by atoms with Gasteiger partial charge in [-0.3, -0.25) is 4.79 Å². The number of amides is 1. The maximum atomic E-state index is 13.0. The van der Waals surface area contributed by atoms with Gasteiger partial charge in [-0.2, -0.15) is 0 Å². The molecule has 0 spiro atoms. The van der Waals surface area contributed by atoms with Crippen LogP contribution in [0.1, 0.15) is 15.9 Å². The van der Waals surface area contributed by atoms with Gasteiger partial charge in [-0.25, -0.2) is 4.39 Å². The fraction of sp³-hybridized carbons (Fsp3) is 0.133. The Morgan fingerprint density at radius 2 is 2.00 bits per heavy atom. The van der Waals surface area contributed by atoms with Crippen LogP contribution in [0.4, 0.5) is 10.1 Å². The Morgan fingerprint density at radius 1 is 1.21 bits per heavy atom. The van der Waals surface area contributed by atoms with E-state index in [1.165, 1.54) is 12.1 Å². The van der Waals surface area contributed by atoms with Crippen LogP contribution in [0.3, 0.4) is 0 Å². The van der Waals surface area contributed by atoms with E-state index in [2.05, 4.69) is 5.32 Å². The summed E-state index contributed by atoms with van der Waals surface area (Å²) in [6.45, 7) is 1.86. The molecule has 0 saturated carbocycles. The number of nitrogens with one attached hydrogen (secondary N) is 1. The van der Waals surface area contributed by atoms with Crippen molar-refractivity contribution in [3.8, 4) is 5.75 Å². The highest BCUT2D eigenvalue weighted by Gasteiger charge is 2.08. The summed E-state index contributed by atoms with van der Waals surface area (Å²) in [5.41, 5.74) is 1.80. The van der Waals surface area contributed by atoms with Gasteiger partial charge >= 0.3 is 0 Å². The quantitative estimate of drug-likeness (QED) is 0.917. The molecule has 0 aliphatic rings. The molecule has 0 radical (unpaired) electrons. The second-order valence-corrected chi connectivity index (χ2v) is 4.15. The van der Waals surface area contributed by atoms with E-state index in [4.69, 9.17) is 4.74 Å². The molecular formula is C15H14FNO2. The second-order valence-electron chi connectivity index (χ2n) is 4.15. The number of carbonyl (C=O) groups is 1. The number of carbonyl (C=O) groups excluding carboxylic acids is 1. The van der Waals surface area contributed by atoms with Crippen molar-refractivity contribution in [3.05, 3.63) is 59.4 Å². The van der Waals surface area contributed by atoms with Crippen LogP contribution in [-0.4, -0.2) is 13.0 Å². The Labute approximate surface area is 111 Å². The molecule has 0 heterocycles. The number of rotatable bonds is 3. The molecule has 0 saturated heterocycles. The van der Waals surface area contributed by atoms with Crippen molar-refractivity contribution in [2.24, 2.45) is 0 Å². The predicted molar refractivity (Wildman–Crippen MR) is 72.1 cm³/mol. The van der Waals surface area contributed by atoms with Gasteiger partial charge in [0, 0.05) is 11.3 Å². The second kappa shape index (κ2) is 5.52. The third-order valence-corrected chi connectivity index (χ3v) is 2.74. The van der Waals surface area contributed by atoms with E-state index < -0.39 is 0 Å². The summed E-state index contributed by atoms with van der Waals surface area (Å²) >= 11 is 0. The van der Waals surface area contributed by atoms with Gasteiger partial charge in [0.2, 0.25) is 0 Å². The third-order valence-electron chi connectivity index (χ3n) is 2.74. The Bertz CT molecular complexity index is 611. The van der Waals surface area contributed by atoms with E-state index in [1.807, 2.05) is 6.92 Å². The molecule has 1 N–H and O–H groups in total. The van der Waals surface area contributed by atoms with Crippen LogP contribution < -0.4 is 10.1 Å². The topological polar surface area (TPSA) is 38.3 Å². The van der Waals surface area contributed by atoms with Crippen LogP contribution in [0.2, 0.25) is 0 Å². The summed E-state index contributed by atoms with van der Waals surface area (Å²) in [4.78, 5) is 12.0. The fourth-order valence-electron chi connectivity index (χ4n) is 1.79. The zero-order valence-corrected chi connectivity index (χ0v) is 10.7. The van der Waals surface area contributed by atoms with Crippen molar-refractivity contribution in [2.45, 2.75) is 6.92 Å². The Morgan fingerprint density at radius 3 is 2.63 bits per heavy atom. The molecule has 19 heavy (non-hydrogen) atoms. The van der Waals surface area contributed by atoms with Crippen molar-refractivity contribution in [3.63, 3.8) is 0 Å². The van der Waals surface area contributed by atoms with Gasteiger partial charge < -0.3 is 10.1 Å². The van der Waals surface area contributed by atoms with E-state index >= 15 is 0 Å². The first kappa shape index (κ1) is 13.1. The van der Waals surface area contributed by atoms with E-state index in [1.54, 1.807) is 37.4 Å². The van der Waals surface area contributed by atoms with Crippen LogP contribution in [0.5, 0.6) is 5.75 Å². The number of benzene rings is 2. The van der Waals surface area contributed by atoms with Crippen LogP contribution >= 0.6 is 0 Å². The number of hydrogen-bond acceptors (Lipinski definition) is 2. The van der Waals surface area contributed by atoms with Crippen LogP contribution in [0.15, 0.2) is 42.5 Å². The van der Waals surface area contributed by atoms with Gasteiger partial charge in [-0.1, -0.05) is 6.07 Å². The first-order valence-corrected chi connectivity index (χ1v) is 5.81. The van der Waals surface area contributed by atoms with Crippen LogP contribution in [-0.2, 0) is 0 Å². The lowest BCUT2D eigenvalue weighted by Gasteiger charge is -2.08. The standard InChI is InChI=1S/C15H14FNO2/c1-10-8-11(6-7-14(10)19-2)15(18)17-13-5-3-4-12(16)9-13/h3-9H,1-2H3,(H,17,18). The molecule has 0 aromatic heterocycles. The Hall–Kier alpha value is -2.36. The van der Waals surface area contributed by atoms with Gasteiger partial charge in [0.15, 0.2) is 0 Å². The fourth-order valence-corrected chi connectivity index (χ4v) is 1.79. The number of halogens is 1. The Balaban J connectivity index is 2.18. The van der Waals surface area contributed by atoms with Crippen molar-refractivity contribution in [1.82, 2.24) is 0 Å². The maximum absolute atomic E-state index is 13.0. The molecule has 0 aliphatic heterocycles. The zero-order chi connectivity index (χ0) is 13.8. The Kier molecular flexibility index (Phi) is 3.80. The zero-order valence-electron chi connectivity index (χ0n) is 10.7. The highest BCUT2D eigenvalue weighted by Crippen LogP contribution is 2.19. The lowest BCUT2D eigenvalue weighted by molar-refractivity contribution is 0.102. The van der Waals surface area contributed by atoms with E-state index in [0.717, 1.165) is 11.3 Å². The summed E-state index contributed by atoms with van der Waals surface area (Å²) < 4.78 is 18.1. The minimum Gasteiger partial charge on any atom is -0.496 e. The molecule has 1 amide bonds. The molecule has 4 heteroatoms. The summed E-state index contributed by atoms with van der Waals surface area (Å²) in [6.07, 6.45) is 0. The molecule has 98 valence electrons. The molecule has 2 rings (SSSR count). The number of aryl methyl sites for hydroxylation is 1. The minimum atomic E-state index is -0.385. The highest BCUT2D eigenvalue weighted by molar-refractivity contribution is 6.04. The average Bonchev–Trinajstić information content (AvgIpc) is 2.38. The van der Waals surface area contributed by atoms with Gasteiger partial charge in [0.25, 0.3) is 5.91 Å². The van der Waals surface area contributed by atoms with Gasteiger partial charge in [-0.15, -0.1) is 0 Å². The normalized spacial score (nSPS) is 10.1. The molecule has 0 bridgehead atoms. The maximum Gasteiger partial charge on any atom is 0.255 e. The van der Waals surface area contributed by atoms with E-state index in [9.17, 15) is 9.18 Å². The van der Waals surface area contributed by atoms with Gasteiger partial charge in [0.05, 0.1) is 7.11 Å². The number of methoxy groups -OCH3 is 1. The summed E-state index contributed by atoms with van der Waals surface area (Å²) in [7, 11) is 1.58. The predicted octanol–water partition coefficient (Wildman–Crippen LogP) is 3.40. The lowest BCUT2D eigenvalue weighted by atomic mass is 10.1. The van der Waals surface area contributed by atoms with Gasteiger partial charge in [-0.05, 0) is 48.9 Å². The smallest absolute Gasteiger partial charge is 0.255 e. The molecule has 2 aromatic carbocycles.